The molecule has 0 fully saturated rings. The number of pyridine rings is 1. The lowest BCUT2D eigenvalue weighted by Crippen LogP contribution is -2.27. The van der Waals surface area contributed by atoms with Gasteiger partial charge < -0.3 is 19.4 Å². The number of ether oxygens (including phenoxy) is 2. The summed E-state index contributed by atoms with van der Waals surface area (Å²) in [6.45, 7) is -0.300. The molecule has 7 heteroatoms. The number of methoxy groups -OCH3 is 2. The fourth-order valence-corrected chi connectivity index (χ4v) is 1.87. The van der Waals surface area contributed by atoms with Crippen LogP contribution in [-0.2, 0) is 11.3 Å². The van der Waals surface area contributed by atoms with Crippen LogP contribution < -0.4 is 20.3 Å². The Bertz CT molecular complexity index is 743. The maximum absolute atomic E-state index is 13.1. The second-order valence-corrected chi connectivity index (χ2v) is 4.43. The van der Waals surface area contributed by atoms with E-state index < -0.39 is 17.3 Å². The molecular weight excluding hydrogens is 291 g/mol. The van der Waals surface area contributed by atoms with Crippen molar-refractivity contribution in [3.05, 3.63) is 52.7 Å². The van der Waals surface area contributed by atoms with Crippen molar-refractivity contribution < 1.29 is 18.7 Å². The number of carbonyl (C=O) groups is 1. The van der Waals surface area contributed by atoms with Gasteiger partial charge in [0, 0.05) is 18.3 Å². The van der Waals surface area contributed by atoms with Gasteiger partial charge in [-0.25, -0.2) is 4.39 Å². The number of aromatic nitrogens is 1. The second-order valence-electron chi connectivity index (χ2n) is 4.43. The summed E-state index contributed by atoms with van der Waals surface area (Å²) >= 11 is 0. The van der Waals surface area contributed by atoms with E-state index in [-0.39, 0.29) is 6.54 Å². The minimum absolute atomic E-state index is 0.300. The number of hydrogen-bond donors (Lipinski definition) is 1. The maximum Gasteiger partial charge on any atom is 0.251 e. The minimum atomic E-state index is -0.588. The van der Waals surface area contributed by atoms with E-state index in [4.69, 9.17) is 9.47 Å². The normalized spacial score (nSPS) is 10.1. The van der Waals surface area contributed by atoms with Gasteiger partial charge >= 0.3 is 0 Å². The lowest BCUT2D eigenvalue weighted by molar-refractivity contribution is -0.116. The van der Waals surface area contributed by atoms with Gasteiger partial charge in [0.25, 0.3) is 5.56 Å². The van der Waals surface area contributed by atoms with Crippen LogP contribution in [0.5, 0.6) is 11.5 Å². The molecule has 2 aromatic rings. The van der Waals surface area contributed by atoms with E-state index in [1.165, 1.54) is 14.2 Å². The Hall–Kier alpha value is -2.83. The first kappa shape index (κ1) is 15.6. The zero-order valence-electron chi connectivity index (χ0n) is 12.1. The minimum Gasteiger partial charge on any atom is -0.497 e. The van der Waals surface area contributed by atoms with Crippen molar-refractivity contribution in [3.8, 4) is 11.5 Å². The highest BCUT2D eigenvalue weighted by molar-refractivity contribution is 5.92. The quantitative estimate of drug-likeness (QED) is 0.912. The van der Waals surface area contributed by atoms with Crippen molar-refractivity contribution in [1.29, 1.82) is 0 Å². The predicted molar refractivity (Wildman–Crippen MR) is 78.8 cm³/mol. The Balaban J connectivity index is 2.15. The van der Waals surface area contributed by atoms with Gasteiger partial charge in [-0.1, -0.05) is 0 Å². The van der Waals surface area contributed by atoms with E-state index in [1.807, 2.05) is 0 Å². The fraction of sp³-hybridized carbons (Fsp3) is 0.200. The summed E-state index contributed by atoms with van der Waals surface area (Å²) in [6.07, 6.45) is 0.979. The van der Waals surface area contributed by atoms with Crippen LogP contribution in [0.25, 0.3) is 0 Å². The molecular formula is C15H15FN2O4. The Kier molecular flexibility index (Phi) is 4.77. The van der Waals surface area contributed by atoms with Gasteiger partial charge in [-0.2, -0.15) is 0 Å². The summed E-state index contributed by atoms with van der Waals surface area (Å²) in [6, 6.07) is 7.00. The SMILES string of the molecule is COc1ccc(NC(=O)Cn2cc(F)ccc2=O)c(OC)c1. The summed E-state index contributed by atoms with van der Waals surface area (Å²) in [5, 5.41) is 2.61. The van der Waals surface area contributed by atoms with Crippen LogP contribution in [0.2, 0.25) is 0 Å². The highest BCUT2D eigenvalue weighted by atomic mass is 19.1. The number of rotatable bonds is 5. The van der Waals surface area contributed by atoms with E-state index in [9.17, 15) is 14.0 Å². The van der Waals surface area contributed by atoms with Gasteiger partial charge in [0.15, 0.2) is 0 Å². The van der Waals surface area contributed by atoms with E-state index in [1.54, 1.807) is 18.2 Å². The van der Waals surface area contributed by atoms with Crippen LogP contribution in [0.15, 0.2) is 41.3 Å². The highest BCUT2D eigenvalue weighted by Crippen LogP contribution is 2.28. The second kappa shape index (κ2) is 6.75. The molecule has 0 bridgehead atoms. The van der Waals surface area contributed by atoms with Crippen LogP contribution in [0.4, 0.5) is 10.1 Å². The number of nitrogens with one attached hydrogen (secondary N) is 1. The van der Waals surface area contributed by atoms with Crippen LogP contribution in [0, 0.1) is 5.82 Å². The molecule has 0 spiro atoms. The topological polar surface area (TPSA) is 69.6 Å². The standard InChI is InChI=1S/C15H15FN2O4/c1-21-11-4-5-12(13(7-11)22-2)17-14(19)9-18-8-10(16)3-6-15(18)20/h3-8H,9H2,1-2H3,(H,17,19). The molecule has 1 aromatic heterocycles. The van der Waals surface area contributed by atoms with Crippen molar-refractivity contribution in [2.45, 2.75) is 6.54 Å². The van der Waals surface area contributed by atoms with Crippen molar-refractivity contribution in [2.75, 3.05) is 19.5 Å². The molecule has 1 amide bonds. The molecule has 1 aromatic carbocycles. The van der Waals surface area contributed by atoms with Gasteiger partial charge in [-0.3, -0.25) is 9.59 Å². The fourth-order valence-electron chi connectivity index (χ4n) is 1.87. The van der Waals surface area contributed by atoms with Gasteiger partial charge in [0.05, 0.1) is 19.9 Å². The number of hydrogen-bond acceptors (Lipinski definition) is 4. The molecule has 0 atom stereocenters. The van der Waals surface area contributed by atoms with E-state index >= 15 is 0 Å². The molecule has 22 heavy (non-hydrogen) atoms. The van der Waals surface area contributed by atoms with Gasteiger partial charge in [-0.05, 0) is 18.2 Å². The molecule has 1 heterocycles. The number of carbonyl (C=O) groups excluding carboxylic acids is 1. The third-order valence-corrected chi connectivity index (χ3v) is 2.94. The number of anilines is 1. The Morgan fingerprint density at radius 1 is 1.23 bits per heavy atom. The van der Waals surface area contributed by atoms with Crippen LogP contribution in [0.3, 0.4) is 0 Å². The lowest BCUT2D eigenvalue weighted by Gasteiger charge is -2.12. The largest absolute Gasteiger partial charge is 0.497 e. The van der Waals surface area contributed by atoms with E-state index in [0.29, 0.717) is 17.2 Å². The zero-order chi connectivity index (χ0) is 16.1. The van der Waals surface area contributed by atoms with E-state index in [2.05, 4.69) is 5.32 Å². The lowest BCUT2D eigenvalue weighted by atomic mass is 10.2. The first-order valence-corrected chi connectivity index (χ1v) is 6.41. The third kappa shape index (κ3) is 3.63. The molecule has 0 aliphatic heterocycles. The Morgan fingerprint density at radius 3 is 2.68 bits per heavy atom. The summed E-state index contributed by atoms with van der Waals surface area (Å²) in [5.74, 6) is -0.0684. The van der Waals surface area contributed by atoms with Crippen LogP contribution in [-0.4, -0.2) is 24.7 Å². The van der Waals surface area contributed by atoms with Crippen molar-refractivity contribution >= 4 is 11.6 Å². The molecule has 0 unspecified atom stereocenters. The van der Waals surface area contributed by atoms with Crippen molar-refractivity contribution in [2.24, 2.45) is 0 Å². The molecule has 0 saturated heterocycles. The van der Waals surface area contributed by atoms with Crippen molar-refractivity contribution in [3.63, 3.8) is 0 Å². The summed E-state index contributed by atoms with van der Waals surface area (Å²) < 4.78 is 24.3. The van der Waals surface area contributed by atoms with Gasteiger partial charge in [0.2, 0.25) is 5.91 Å². The summed E-state index contributed by atoms with van der Waals surface area (Å²) in [4.78, 5) is 23.5. The number of benzene rings is 1. The molecule has 6 nitrogen and oxygen atoms in total. The Labute approximate surface area is 126 Å². The summed E-state index contributed by atoms with van der Waals surface area (Å²) in [5.41, 5.74) is -0.0315. The Morgan fingerprint density at radius 2 is 2.00 bits per heavy atom. The van der Waals surface area contributed by atoms with Crippen LogP contribution in [0.1, 0.15) is 0 Å². The van der Waals surface area contributed by atoms with Gasteiger partial charge in [0.1, 0.15) is 23.9 Å². The highest BCUT2D eigenvalue weighted by Gasteiger charge is 2.10. The first-order chi connectivity index (χ1) is 10.5. The zero-order valence-corrected chi connectivity index (χ0v) is 12.1. The van der Waals surface area contributed by atoms with Crippen LogP contribution >= 0.6 is 0 Å². The average molecular weight is 306 g/mol. The monoisotopic (exact) mass is 306 g/mol. The number of amides is 1. The molecule has 2 rings (SSSR count). The molecule has 0 aliphatic carbocycles. The smallest absolute Gasteiger partial charge is 0.251 e. The molecule has 0 saturated carbocycles. The molecule has 0 aliphatic rings. The third-order valence-electron chi connectivity index (χ3n) is 2.94. The maximum atomic E-state index is 13.1. The molecule has 116 valence electrons. The predicted octanol–water partition coefficient (Wildman–Crippen LogP) is 1.64. The first-order valence-electron chi connectivity index (χ1n) is 6.41. The average Bonchev–Trinajstić information content (AvgIpc) is 2.51. The molecule has 0 radical (unpaired) electrons. The number of nitrogens with zero attached hydrogens (tertiary/aromatic N) is 1. The molecule has 1 N–H and O–H groups in total. The van der Waals surface area contributed by atoms with Crippen molar-refractivity contribution in [1.82, 2.24) is 4.57 Å². The van der Waals surface area contributed by atoms with E-state index in [0.717, 1.165) is 22.9 Å². The van der Waals surface area contributed by atoms with Gasteiger partial charge in [-0.15, -0.1) is 0 Å². The summed E-state index contributed by atoms with van der Waals surface area (Å²) in [7, 11) is 2.98. The number of halogens is 1.